The molecular weight excluding hydrogens is 616 g/mol. The Morgan fingerprint density at radius 2 is 0.917 bits per heavy atom. The van der Waals surface area contributed by atoms with E-state index in [2.05, 4.69) is 0 Å². The van der Waals surface area contributed by atoms with Crippen LogP contribution in [0.15, 0.2) is 72.8 Å². The fourth-order valence-corrected chi connectivity index (χ4v) is 8.03. The van der Waals surface area contributed by atoms with Crippen molar-refractivity contribution in [2.45, 2.75) is 24.9 Å². The van der Waals surface area contributed by atoms with Crippen LogP contribution in [0.3, 0.4) is 0 Å². The number of amides is 6. The Kier molecular flexibility index (Phi) is 8.10. The fraction of sp³-hybridized carbons (Fsp3) is 0.389. The molecule has 2 aromatic carbocycles. The summed E-state index contributed by atoms with van der Waals surface area (Å²) in [5.74, 6) is -2.60. The first-order valence-electron chi connectivity index (χ1n) is 16.2. The van der Waals surface area contributed by atoms with Gasteiger partial charge < -0.3 is 9.47 Å². The number of hydrogen-bond donors (Lipinski definition) is 0. The number of benzene rings is 2. The molecule has 4 saturated heterocycles. The molecule has 12 nitrogen and oxygen atoms in total. The van der Waals surface area contributed by atoms with Gasteiger partial charge >= 0.3 is 12.2 Å². The summed E-state index contributed by atoms with van der Waals surface area (Å²) < 4.78 is 10.2. The van der Waals surface area contributed by atoms with Gasteiger partial charge in [0.05, 0.1) is 48.8 Å². The number of rotatable bonds is 4. The van der Waals surface area contributed by atoms with Crippen molar-refractivity contribution in [1.82, 2.24) is 19.6 Å². The van der Waals surface area contributed by atoms with E-state index in [4.69, 9.17) is 9.47 Å². The molecule has 6 atom stereocenters. The predicted octanol–water partition coefficient (Wildman–Crippen LogP) is 3.05. The van der Waals surface area contributed by atoms with E-state index in [1.165, 1.54) is 23.9 Å². The molecule has 0 aromatic heterocycles. The predicted molar refractivity (Wildman–Crippen MR) is 171 cm³/mol. The molecule has 0 saturated carbocycles. The van der Waals surface area contributed by atoms with Crippen LogP contribution in [-0.2, 0) is 28.7 Å². The van der Waals surface area contributed by atoms with Crippen molar-refractivity contribution in [2.24, 2.45) is 23.7 Å². The van der Waals surface area contributed by atoms with E-state index in [0.29, 0.717) is 39.1 Å². The van der Waals surface area contributed by atoms with Crippen molar-refractivity contribution in [3.8, 4) is 0 Å². The van der Waals surface area contributed by atoms with Gasteiger partial charge in [-0.3, -0.25) is 38.8 Å². The lowest BCUT2D eigenvalue weighted by atomic mass is 9.74. The smallest absolute Gasteiger partial charge is 0.410 e. The van der Waals surface area contributed by atoms with Crippen LogP contribution in [0.4, 0.5) is 9.59 Å². The van der Waals surface area contributed by atoms with Crippen LogP contribution in [0, 0.1) is 23.7 Å². The molecule has 12 heteroatoms. The van der Waals surface area contributed by atoms with Crippen LogP contribution in [0.25, 0.3) is 11.1 Å². The molecule has 4 aliphatic heterocycles. The molecule has 6 aliphatic rings. The number of nitrogens with zero attached hydrogens (tertiary/aromatic N) is 4. The first-order chi connectivity index (χ1) is 23.2. The minimum Gasteiger partial charge on any atom is -0.448 e. The number of hydrogen-bond acceptors (Lipinski definition) is 8. The van der Waals surface area contributed by atoms with E-state index >= 15 is 0 Å². The highest BCUT2D eigenvalue weighted by molar-refractivity contribution is 6.08. The number of allylic oxidation sites excluding steroid dienone is 2. The lowest BCUT2D eigenvalue weighted by Gasteiger charge is -2.36. The summed E-state index contributed by atoms with van der Waals surface area (Å²) in [6, 6.07) is 18.5. The third kappa shape index (κ3) is 5.06. The number of likely N-dealkylation sites (tertiary alicyclic amines) is 2. The SMILES string of the molecule is CN1C(=O)[C@@H]2[C@@H](CC=C(c3ccccc3)[C@@H]2N2CCOC2=O)C1=O.CN1C(=O)[C@H]2[C@H](CC=C(c3ccccc3)[C@H]2N2CCOC2=O)C1=O. The Labute approximate surface area is 277 Å². The van der Waals surface area contributed by atoms with Crippen LogP contribution in [0.5, 0.6) is 0 Å². The van der Waals surface area contributed by atoms with E-state index in [-0.39, 0.29) is 23.6 Å². The summed E-state index contributed by atoms with van der Waals surface area (Å²) in [6.07, 6.45) is 4.19. The number of imide groups is 2. The molecular formula is C36H36N4O8. The van der Waals surface area contributed by atoms with Gasteiger partial charge in [0.15, 0.2) is 0 Å². The first kappa shape index (κ1) is 31.3. The zero-order valence-electron chi connectivity index (χ0n) is 26.7. The molecule has 4 fully saturated rings. The summed E-state index contributed by atoms with van der Waals surface area (Å²) in [5, 5.41) is 0. The molecule has 0 bridgehead atoms. The summed E-state index contributed by atoms with van der Waals surface area (Å²) in [4.78, 5) is 80.1. The van der Waals surface area contributed by atoms with Crippen molar-refractivity contribution >= 4 is 47.0 Å². The van der Waals surface area contributed by atoms with Crippen molar-refractivity contribution in [1.29, 1.82) is 0 Å². The van der Waals surface area contributed by atoms with Crippen molar-refractivity contribution in [3.05, 3.63) is 83.9 Å². The van der Waals surface area contributed by atoms with Gasteiger partial charge in [0.1, 0.15) is 13.2 Å². The third-order valence-electron chi connectivity index (χ3n) is 10.4. The highest BCUT2D eigenvalue weighted by Crippen LogP contribution is 2.45. The van der Waals surface area contributed by atoms with E-state index in [1.54, 1.807) is 9.80 Å². The molecule has 2 aromatic rings. The minimum atomic E-state index is -0.534. The van der Waals surface area contributed by atoms with Crippen molar-refractivity contribution in [2.75, 3.05) is 40.4 Å². The monoisotopic (exact) mass is 652 g/mol. The Morgan fingerprint density at radius 3 is 1.25 bits per heavy atom. The van der Waals surface area contributed by atoms with Gasteiger partial charge in [-0.15, -0.1) is 0 Å². The molecule has 48 heavy (non-hydrogen) atoms. The Balaban J connectivity index is 0.000000152. The van der Waals surface area contributed by atoms with Gasteiger partial charge in [0.2, 0.25) is 23.6 Å². The molecule has 6 amide bonds. The summed E-state index contributed by atoms with van der Waals surface area (Å²) >= 11 is 0. The molecule has 8 rings (SSSR count). The average molecular weight is 653 g/mol. The third-order valence-corrected chi connectivity index (χ3v) is 10.4. The number of carbonyl (C=O) groups excluding carboxylic acids is 6. The topological polar surface area (TPSA) is 134 Å². The van der Waals surface area contributed by atoms with Gasteiger partial charge in [0.25, 0.3) is 0 Å². The van der Waals surface area contributed by atoms with Crippen LogP contribution >= 0.6 is 0 Å². The average Bonchev–Trinajstić information content (AvgIpc) is 3.85. The zero-order valence-corrected chi connectivity index (χ0v) is 26.7. The van der Waals surface area contributed by atoms with Crippen LogP contribution in [0.1, 0.15) is 24.0 Å². The number of fused-ring (bicyclic) bond motifs is 2. The molecule has 248 valence electrons. The second-order valence-electron chi connectivity index (χ2n) is 12.8. The van der Waals surface area contributed by atoms with Crippen LogP contribution in [0.2, 0.25) is 0 Å². The molecule has 0 unspecified atom stereocenters. The summed E-state index contributed by atoms with van der Waals surface area (Å²) in [5.41, 5.74) is 3.78. The Bertz CT molecular complexity index is 1610. The normalized spacial score (nSPS) is 29.6. The number of carbonyl (C=O) groups is 6. The number of ether oxygens (including phenoxy) is 2. The van der Waals surface area contributed by atoms with Gasteiger partial charge in [-0.1, -0.05) is 72.8 Å². The van der Waals surface area contributed by atoms with Crippen molar-refractivity contribution in [3.63, 3.8) is 0 Å². The maximum Gasteiger partial charge on any atom is 0.410 e. The number of cyclic esters (lactones) is 2. The molecule has 0 N–H and O–H groups in total. The van der Waals surface area contributed by atoms with Crippen LogP contribution < -0.4 is 0 Å². The van der Waals surface area contributed by atoms with E-state index < -0.39 is 47.9 Å². The molecule has 0 radical (unpaired) electrons. The van der Waals surface area contributed by atoms with Crippen LogP contribution in [-0.4, -0.2) is 108 Å². The Morgan fingerprint density at radius 1 is 0.542 bits per heavy atom. The zero-order chi connectivity index (χ0) is 33.7. The summed E-state index contributed by atoms with van der Waals surface area (Å²) in [6.45, 7) is 1.49. The van der Waals surface area contributed by atoms with E-state index in [9.17, 15) is 28.8 Å². The summed E-state index contributed by atoms with van der Waals surface area (Å²) in [7, 11) is 3.04. The van der Waals surface area contributed by atoms with Gasteiger partial charge in [-0.25, -0.2) is 9.59 Å². The van der Waals surface area contributed by atoms with Crippen molar-refractivity contribution < 1.29 is 38.2 Å². The highest BCUT2D eigenvalue weighted by Gasteiger charge is 2.56. The largest absolute Gasteiger partial charge is 0.448 e. The molecule has 0 spiro atoms. The quantitative estimate of drug-likeness (QED) is 0.461. The second-order valence-corrected chi connectivity index (χ2v) is 12.8. The van der Waals surface area contributed by atoms with Gasteiger partial charge in [0, 0.05) is 14.1 Å². The second kappa shape index (κ2) is 12.4. The van der Waals surface area contributed by atoms with Gasteiger partial charge in [-0.2, -0.15) is 0 Å². The standard InChI is InChI=1S/2C18H18N2O4/c2*1-19-16(21)13-8-7-12(11-5-3-2-4-6-11)15(14(13)17(19)22)20-9-10-24-18(20)23/h2*2-7,13-15H,8-10H2,1H3/t2*13-,14-,15+/m10/s1. The van der Waals surface area contributed by atoms with Gasteiger partial charge in [-0.05, 0) is 35.1 Å². The van der Waals surface area contributed by atoms with E-state index in [0.717, 1.165) is 22.3 Å². The maximum absolute atomic E-state index is 12.7. The Hall–Kier alpha value is -5.26. The highest BCUT2D eigenvalue weighted by atomic mass is 16.6. The maximum atomic E-state index is 12.7. The van der Waals surface area contributed by atoms with E-state index in [1.807, 2.05) is 72.8 Å². The molecule has 4 heterocycles. The molecule has 2 aliphatic carbocycles. The lowest BCUT2D eigenvalue weighted by molar-refractivity contribution is -0.139. The minimum absolute atomic E-state index is 0.161. The lowest BCUT2D eigenvalue weighted by Crippen LogP contribution is -2.48. The fourth-order valence-electron chi connectivity index (χ4n) is 8.03. The first-order valence-corrected chi connectivity index (χ1v) is 16.2.